The Hall–Kier alpha value is -1.49. The van der Waals surface area contributed by atoms with Gasteiger partial charge in [-0.3, -0.25) is 0 Å². The maximum Gasteiger partial charge on any atom is 0.159 e. The Bertz CT molecular complexity index is 587. The van der Waals surface area contributed by atoms with Gasteiger partial charge in [0, 0.05) is 10.9 Å². The summed E-state index contributed by atoms with van der Waals surface area (Å²) in [5, 5.41) is 0.442. The first-order chi connectivity index (χ1) is 9.10. The normalized spacial score (nSPS) is 10.5. The predicted molar refractivity (Wildman–Crippen MR) is 69.7 cm³/mol. The lowest BCUT2D eigenvalue weighted by atomic mass is 10.2. The fraction of sp³-hybridized carbons (Fsp3) is 0.143. The van der Waals surface area contributed by atoms with Gasteiger partial charge in [0.2, 0.25) is 0 Å². The predicted octanol–water partition coefficient (Wildman–Crippen LogP) is 4.58. The van der Waals surface area contributed by atoms with Crippen LogP contribution in [0.4, 0.5) is 13.2 Å². The van der Waals surface area contributed by atoms with Gasteiger partial charge in [-0.15, -0.1) is 0 Å². The molecule has 0 aliphatic carbocycles. The van der Waals surface area contributed by atoms with Gasteiger partial charge in [-0.2, -0.15) is 0 Å². The molecular formula is C14H10BrF3O. The number of rotatable bonds is 4. The van der Waals surface area contributed by atoms with Crippen molar-refractivity contribution in [2.75, 3.05) is 0 Å². The second kappa shape index (κ2) is 6.10. The summed E-state index contributed by atoms with van der Waals surface area (Å²) < 4.78 is 44.3. The molecule has 5 heteroatoms. The molecule has 0 amide bonds. The molecule has 2 aromatic carbocycles. The standard InChI is InChI=1S/C14H10BrF3O/c15-7-10-6-11(16)2-4-14(10)19-8-9-1-3-12(17)13(18)5-9/h1-6H,7-8H2. The van der Waals surface area contributed by atoms with E-state index in [1.54, 1.807) is 0 Å². The number of ether oxygens (including phenoxy) is 1. The highest BCUT2D eigenvalue weighted by atomic mass is 79.9. The monoisotopic (exact) mass is 330 g/mol. The molecule has 0 atom stereocenters. The molecule has 0 aromatic heterocycles. The van der Waals surface area contributed by atoms with Gasteiger partial charge < -0.3 is 4.74 Å². The van der Waals surface area contributed by atoms with Gasteiger partial charge in [-0.05, 0) is 35.9 Å². The van der Waals surface area contributed by atoms with E-state index in [4.69, 9.17) is 4.74 Å². The minimum atomic E-state index is -0.916. The van der Waals surface area contributed by atoms with E-state index in [-0.39, 0.29) is 12.4 Å². The number of hydrogen-bond acceptors (Lipinski definition) is 1. The molecule has 0 unspecified atom stereocenters. The van der Waals surface area contributed by atoms with Crippen molar-refractivity contribution in [3.63, 3.8) is 0 Å². The first-order valence-corrected chi connectivity index (χ1v) is 6.63. The molecule has 0 aliphatic rings. The van der Waals surface area contributed by atoms with E-state index in [0.29, 0.717) is 22.2 Å². The van der Waals surface area contributed by atoms with Gasteiger partial charge in [0.05, 0.1) is 0 Å². The summed E-state index contributed by atoms with van der Waals surface area (Å²) in [5.41, 5.74) is 1.16. The largest absolute Gasteiger partial charge is 0.489 e. The minimum Gasteiger partial charge on any atom is -0.489 e. The summed E-state index contributed by atoms with van der Waals surface area (Å²) in [6.45, 7) is 0.0861. The smallest absolute Gasteiger partial charge is 0.159 e. The van der Waals surface area contributed by atoms with Crippen molar-refractivity contribution in [3.8, 4) is 5.75 Å². The zero-order valence-electron chi connectivity index (χ0n) is 9.80. The van der Waals surface area contributed by atoms with E-state index in [1.165, 1.54) is 24.3 Å². The molecule has 100 valence electrons. The minimum absolute atomic E-state index is 0.0861. The first kappa shape index (κ1) is 13.9. The first-order valence-electron chi connectivity index (χ1n) is 5.51. The molecule has 2 rings (SSSR count). The molecule has 1 nitrogen and oxygen atoms in total. The molecular weight excluding hydrogens is 321 g/mol. The molecule has 0 N–H and O–H groups in total. The van der Waals surface area contributed by atoms with E-state index >= 15 is 0 Å². The van der Waals surface area contributed by atoms with Crippen LogP contribution in [0.25, 0.3) is 0 Å². The van der Waals surface area contributed by atoms with Gasteiger partial charge in [-0.25, -0.2) is 13.2 Å². The SMILES string of the molecule is Fc1ccc(OCc2ccc(F)c(F)c2)c(CBr)c1. The van der Waals surface area contributed by atoms with Gasteiger partial charge in [0.25, 0.3) is 0 Å². The third-order valence-corrected chi connectivity index (χ3v) is 3.15. The highest BCUT2D eigenvalue weighted by Gasteiger charge is 2.06. The van der Waals surface area contributed by atoms with Crippen LogP contribution in [-0.2, 0) is 11.9 Å². The van der Waals surface area contributed by atoms with Crippen molar-refractivity contribution in [2.45, 2.75) is 11.9 Å². The van der Waals surface area contributed by atoms with E-state index in [2.05, 4.69) is 15.9 Å². The molecule has 0 aliphatic heterocycles. The molecule has 0 saturated heterocycles. The maximum absolute atomic E-state index is 13.0. The number of halogens is 4. The van der Waals surface area contributed by atoms with Crippen LogP contribution in [0.15, 0.2) is 36.4 Å². The Kier molecular flexibility index (Phi) is 4.47. The fourth-order valence-corrected chi connectivity index (χ4v) is 2.02. The molecule has 0 bridgehead atoms. The molecule has 2 aromatic rings. The number of alkyl halides is 1. The van der Waals surface area contributed by atoms with Gasteiger partial charge in [-0.1, -0.05) is 22.0 Å². The molecule has 19 heavy (non-hydrogen) atoms. The molecule has 0 spiro atoms. The van der Waals surface area contributed by atoms with Crippen molar-refractivity contribution in [1.82, 2.24) is 0 Å². The van der Waals surface area contributed by atoms with E-state index < -0.39 is 11.6 Å². The molecule has 0 saturated carbocycles. The number of hydrogen-bond donors (Lipinski definition) is 0. The Morgan fingerprint density at radius 1 is 0.947 bits per heavy atom. The lowest BCUT2D eigenvalue weighted by Crippen LogP contribution is -1.99. The van der Waals surface area contributed by atoms with Crippen LogP contribution in [0.3, 0.4) is 0 Å². The average molecular weight is 331 g/mol. The Morgan fingerprint density at radius 2 is 1.74 bits per heavy atom. The zero-order valence-corrected chi connectivity index (χ0v) is 11.4. The van der Waals surface area contributed by atoms with Gasteiger partial charge >= 0.3 is 0 Å². The van der Waals surface area contributed by atoms with Crippen LogP contribution in [0.1, 0.15) is 11.1 Å². The summed E-state index contributed by atoms with van der Waals surface area (Å²) in [6, 6.07) is 7.71. The van der Waals surface area contributed by atoms with Crippen molar-refractivity contribution < 1.29 is 17.9 Å². The lowest BCUT2D eigenvalue weighted by Gasteiger charge is -2.10. The average Bonchev–Trinajstić information content (AvgIpc) is 2.41. The van der Waals surface area contributed by atoms with Crippen molar-refractivity contribution in [2.24, 2.45) is 0 Å². The van der Waals surface area contributed by atoms with Crippen LogP contribution < -0.4 is 4.74 Å². The van der Waals surface area contributed by atoms with Crippen LogP contribution in [-0.4, -0.2) is 0 Å². The molecule has 0 fully saturated rings. The van der Waals surface area contributed by atoms with Crippen molar-refractivity contribution in [1.29, 1.82) is 0 Å². The third-order valence-electron chi connectivity index (χ3n) is 2.54. The third kappa shape index (κ3) is 3.50. The summed E-state index contributed by atoms with van der Waals surface area (Å²) in [6.07, 6.45) is 0. The number of benzene rings is 2. The van der Waals surface area contributed by atoms with E-state index in [0.717, 1.165) is 12.1 Å². The van der Waals surface area contributed by atoms with Crippen LogP contribution in [0, 0.1) is 17.5 Å². The fourth-order valence-electron chi connectivity index (χ4n) is 1.58. The maximum atomic E-state index is 13.0. The highest BCUT2D eigenvalue weighted by Crippen LogP contribution is 2.23. The summed E-state index contributed by atoms with van der Waals surface area (Å²) in [5.74, 6) is -1.66. The topological polar surface area (TPSA) is 9.23 Å². The molecule has 0 heterocycles. The quantitative estimate of drug-likeness (QED) is 0.746. The van der Waals surface area contributed by atoms with Crippen LogP contribution >= 0.6 is 15.9 Å². The highest BCUT2D eigenvalue weighted by molar-refractivity contribution is 9.08. The van der Waals surface area contributed by atoms with Crippen LogP contribution in [0.2, 0.25) is 0 Å². The van der Waals surface area contributed by atoms with Crippen molar-refractivity contribution in [3.05, 3.63) is 65.0 Å². The Morgan fingerprint density at radius 3 is 2.42 bits per heavy atom. The zero-order chi connectivity index (χ0) is 13.8. The molecule has 0 radical (unpaired) electrons. The second-order valence-electron chi connectivity index (χ2n) is 3.92. The second-order valence-corrected chi connectivity index (χ2v) is 4.48. The summed E-state index contributed by atoms with van der Waals surface area (Å²) in [4.78, 5) is 0. The van der Waals surface area contributed by atoms with Gasteiger partial charge in [0.15, 0.2) is 11.6 Å². The van der Waals surface area contributed by atoms with Crippen molar-refractivity contribution >= 4 is 15.9 Å². The van der Waals surface area contributed by atoms with Crippen LogP contribution in [0.5, 0.6) is 5.75 Å². The lowest BCUT2D eigenvalue weighted by molar-refractivity contribution is 0.302. The summed E-state index contributed by atoms with van der Waals surface area (Å²) in [7, 11) is 0. The van der Waals surface area contributed by atoms with E-state index in [9.17, 15) is 13.2 Å². The van der Waals surface area contributed by atoms with E-state index in [1.807, 2.05) is 0 Å². The Labute approximate surface area is 117 Å². The summed E-state index contributed by atoms with van der Waals surface area (Å²) >= 11 is 3.23. The Balaban J connectivity index is 2.12. The van der Waals surface area contributed by atoms with Gasteiger partial charge in [0.1, 0.15) is 18.2 Å².